The second-order valence-corrected chi connectivity index (χ2v) is 14.7. The molecular formula is C37H62ClN9O7. The Morgan fingerprint density at radius 2 is 1.67 bits per heavy atom. The molecule has 54 heavy (non-hydrogen) atoms. The molecule has 2 heterocycles. The molecule has 304 valence electrons. The molecule has 1 aromatic heterocycles. The first kappa shape index (κ1) is 45.0. The Hall–Kier alpha value is -3.35. The fourth-order valence-electron chi connectivity index (χ4n) is 6.55. The van der Waals surface area contributed by atoms with Crippen molar-refractivity contribution in [1.29, 1.82) is 0 Å². The highest BCUT2D eigenvalue weighted by molar-refractivity contribution is 6.31. The zero-order valence-corrected chi connectivity index (χ0v) is 32.4. The molecule has 0 radical (unpaired) electrons. The Kier molecular flexibility index (Phi) is 19.6. The van der Waals surface area contributed by atoms with Gasteiger partial charge in [0, 0.05) is 39.3 Å². The molecule has 1 aromatic carbocycles. The third kappa shape index (κ3) is 14.7. The number of anilines is 2. The quantitative estimate of drug-likeness (QED) is 0.0692. The molecule has 16 nitrogen and oxygen atoms in total. The van der Waals surface area contributed by atoms with Crippen LogP contribution in [0.5, 0.6) is 0 Å². The van der Waals surface area contributed by atoms with E-state index in [0.717, 1.165) is 51.5 Å². The topological polar surface area (TPSA) is 256 Å². The third-order valence-electron chi connectivity index (χ3n) is 10.0. The van der Waals surface area contributed by atoms with Crippen LogP contribution in [0, 0.1) is 18.8 Å². The minimum absolute atomic E-state index is 0.0374. The number of hydrogen-bond donors (Lipinski definition) is 10. The fraction of sp³-hybridized carbons (Fsp3) is 0.676. The van der Waals surface area contributed by atoms with Crippen LogP contribution < -0.4 is 27.4 Å². The number of nitrogens with zero attached hydrogens (tertiary/aromatic N) is 4. The van der Waals surface area contributed by atoms with Crippen LogP contribution in [0.15, 0.2) is 24.3 Å². The number of nitrogens with two attached hydrogens (primary N) is 2. The van der Waals surface area contributed by atoms with E-state index in [2.05, 4.69) is 51.9 Å². The van der Waals surface area contributed by atoms with Crippen LogP contribution in [0.1, 0.15) is 67.1 Å². The van der Waals surface area contributed by atoms with E-state index in [1.165, 1.54) is 11.1 Å². The van der Waals surface area contributed by atoms with Crippen molar-refractivity contribution in [3.63, 3.8) is 0 Å². The van der Waals surface area contributed by atoms with E-state index < -0.39 is 36.9 Å². The number of urea groups is 1. The summed E-state index contributed by atoms with van der Waals surface area (Å²) in [4.78, 5) is 37.6. The zero-order chi connectivity index (χ0) is 39.6. The highest BCUT2D eigenvalue weighted by atomic mass is 35.5. The van der Waals surface area contributed by atoms with Crippen molar-refractivity contribution in [3.05, 3.63) is 46.2 Å². The number of nitrogen functional groups attached to an aromatic ring is 2. The maximum absolute atomic E-state index is 13.0. The summed E-state index contributed by atoms with van der Waals surface area (Å²) >= 11 is 5.98. The number of piperidine rings is 1. The Balaban J connectivity index is 1.46. The molecule has 0 saturated carbocycles. The third-order valence-corrected chi connectivity index (χ3v) is 10.3. The van der Waals surface area contributed by atoms with Crippen LogP contribution in [0.4, 0.5) is 16.4 Å². The molecule has 1 saturated heterocycles. The summed E-state index contributed by atoms with van der Waals surface area (Å²) in [5, 5.41) is 59.1. The van der Waals surface area contributed by atoms with Gasteiger partial charge < -0.3 is 57.9 Å². The molecule has 0 aliphatic carbocycles. The lowest BCUT2D eigenvalue weighted by molar-refractivity contribution is -0.119. The first-order chi connectivity index (χ1) is 25.8. The fourth-order valence-corrected chi connectivity index (χ4v) is 6.68. The number of benzene rings is 1. The number of aromatic nitrogens is 2. The van der Waals surface area contributed by atoms with Crippen molar-refractivity contribution in [2.24, 2.45) is 11.8 Å². The van der Waals surface area contributed by atoms with Crippen LogP contribution in [0.2, 0.25) is 5.15 Å². The summed E-state index contributed by atoms with van der Waals surface area (Å²) in [6, 6.07) is 8.00. The van der Waals surface area contributed by atoms with Crippen molar-refractivity contribution < 1.29 is 35.1 Å². The number of carbonyl (C=O) groups excluding carboxylic acids is 2. The van der Waals surface area contributed by atoms with Gasteiger partial charge in [0.25, 0.3) is 5.91 Å². The SMILES string of the molecule is CCCCCCN(CCNC(=O)N1CCC(CNCC(CNC(=O)c2nc(Cl)c(N)nc2N)Cc2ccccc2C)CC1)C[C@H](O)[C@@H](O)[C@H](O)[C@H](O)CO. The molecule has 3 amide bonds. The Morgan fingerprint density at radius 3 is 2.35 bits per heavy atom. The maximum Gasteiger partial charge on any atom is 0.317 e. The molecule has 0 bridgehead atoms. The zero-order valence-electron chi connectivity index (χ0n) is 31.7. The van der Waals surface area contributed by atoms with Crippen LogP contribution in [0.25, 0.3) is 0 Å². The number of rotatable bonds is 23. The summed E-state index contributed by atoms with van der Waals surface area (Å²) in [6.07, 6.45) is 0.202. The molecular weight excluding hydrogens is 718 g/mol. The number of hydrogen-bond acceptors (Lipinski definition) is 13. The van der Waals surface area contributed by atoms with E-state index in [0.29, 0.717) is 51.7 Å². The Labute approximate surface area is 323 Å². The molecule has 1 unspecified atom stereocenters. The van der Waals surface area contributed by atoms with Gasteiger partial charge >= 0.3 is 6.03 Å². The summed E-state index contributed by atoms with van der Waals surface area (Å²) in [5.41, 5.74) is 13.8. The highest BCUT2D eigenvalue weighted by Crippen LogP contribution is 2.19. The molecule has 1 aliphatic rings. The molecule has 5 atom stereocenters. The predicted molar refractivity (Wildman–Crippen MR) is 209 cm³/mol. The maximum atomic E-state index is 13.0. The second-order valence-electron chi connectivity index (χ2n) is 14.3. The monoisotopic (exact) mass is 779 g/mol. The lowest BCUT2D eigenvalue weighted by Gasteiger charge is -2.33. The van der Waals surface area contributed by atoms with Gasteiger partial charge in [-0.2, -0.15) is 0 Å². The van der Waals surface area contributed by atoms with E-state index in [9.17, 15) is 30.0 Å². The van der Waals surface area contributed by atoms with Gasteiger partial charge in [-0.25, -0.2) is 14.8 Å². The van der Waals surface area contributed by atoms with Gasteiger partial charge in [0.1, 0.15) is 18.3 Å². The smallest absolute Gasteiger partial charge is 0.317 e. The molecule has 12 N–H and O–H groups in total. The van der Waals surface area contributed by atoms with Crippen molar-refractivity contribution in [2.75, 3.05) is 77.0 Å². The number of aliphatic hydroxyl groups excluding tert-OH is 5. The van der Waals surface area contributed by atoms with Crippen molar-refractivity contribution in [3.8, 4) is 0 Å². The number of halogens is 1. The highest BCUT2D eigenvalue weighted by Gasteiger charge is 2.31. The first-order valence-electron chi connectivity index (χ1n) is 19.0. The van der Waals surface area contributed by atoms with Crippen LogP contribution in [0.3, 0.4) is 0 Å². The van der Waals surface area contributed by atoms with Crippen molar-refractivity contribution in [1.82, 2.24) is 35.7 Å². The van der Waals surface area contributed by atoms with Gasteiger partial charge in [0.15, 0.2) is 22.5 Å². The van der Waals surface area contributed by atoms with Crippen LogP contribution in [-0.2, 0) is 6.42 Å². The number of likely N-dealkylation sites (tertiary alicyclic amines) is 1. The average molecular weight is 780 g/mol. The first-order valence-corrected chi connectivity index (χ1v) is 19.4. The molecule has 3 rings (SSSR count). The number of amides is 3. The van der Waals surface area contributed by atoms with E-state index in [4.69, 9.17) is 28.2 Å². The summed E-state index contributed by atoms with van der Waals surface area (Å²) in [7, 11) is 0. The van der Waals surface area contributed by atoms with Gasteiger partial charge in [0.05, 0.1) is 12.7 Å². The minimum Gasteiger partial charge on any atom is -0.394 e. The lowest BCUT2D eigenvalue weighted by atomic mass is 9.94. The summed E-state index contributed by atoms with van der Waals surface area (Å²) < 4.78 is 0. The molecule has 2 aromatic rings. The van der Waals surface area contributed by atoms with Gasteiger partial charge in [-0.05, 0) is 75.2 Å². The van der Waals surface area contributed by atoms with Crippen molar-refractivity contribution in [2.45, 2.75) is 83.2 Å². The summed E-state index contributed by atoms with van der Waals surface area (Å²) in [5.74, 6) is -0.170. The van der Waals surface area contributed by atoms with Gasteiger partial charge in [-0.1, -0.05) is 62.1 Å². The number of nitrogens with one attached hydrogen (secondary N) is 3. The standard InChI is InChI=1S/C37H62ClN9O7/c1-3-4-5-8-14-46(22-28(49)31(51)32(52)29(50)23-48)17-13-42-37(54)47-15-11-25(12-16-47)19-41-20-26(18-27-10-7-6-9-24(27)2)21-43-36(53)30-34(39)45-35(40)33(38)44-30/h6-7,9-10,25-26,28-29,31-32,41,48-52H,3-5,8,11-23H2,1-2H3,(H,42,54)(H,43,53)(H4,39,40,45)/t26?,28-,29+,31+,32+/m0/s1. The van der Waals surface area contributed by atoms with Gasteiger partial charge in [0.2, 0.25) is 0 Å². The number of aryl methyl sites for hydroxylation is 1. The second kappa shape index (κ2) is 23.5. The van der Waals surface area contributed by atoms with E-state index in [-0.39, 0.29) is 41.0 Å². The molecule has 1 aliphatic heterocycles. The van der Waals surface area contributed by atoms with E-state index in [1.54, 1.807) is 0 Å². The normalized spacial score (nSPS) is 16.5. The average Bonchev–Trinajstić information content (AvgIpc) is 3.16. The largest absolute Gasteiger partial charge is 0.394 e. The Bertz CT molecular complexity index is 1440. The molecule has 17 heteroatoms. The van der Waals surface area contributed by atoms with Gasteiger partial charge in [-0.3, -0.25) is 9.69 Å². The molecule has 1 fully saturated rings. The molecule has 0 spiro atoms. The summed E-state index contributed by atoms with van der Waals surface area (Å²) in [6.45, 7) is 7.90. The van der Waals surface area contributed by atoms with Gasteiger partial charge in [-0.15, -0.1) is 0 Å². The number of carbonyl (C=O) groups is 2. The lowest BCUT2D eigenvalue weighted by Crippen LogP contribution is -2.51. The van der Waals surface area contributed by atoms with Crippen LogP contribution >= 0.6 is 11.6 Å². The van der Waals surface area contributed by atoms with Crippen molar-refractivity contribution >= 4 is 35.2 Å². The number of unbranched alkanes of at least 4 members (excludes halogenated alkanes) is 3. The predicted octanol–water partition coefficient (Wildman–Crippen LogP) is 0.521. The van der Waals surface area contributed by atoms with Crippen LogP contribution in [-0.4, -0.2) is 147 Å². The minimum atomic E-state index is -1.69. The Morgan fingerprint density at radius 1 is 0.963 bits per heavy atom. The van der Waals surface area contributed by atoms with E-state index in [1.807, 2.05) is 21.9 Å². The number of aliphatic hydroxyl groups is 5. The van der Waals surface area contributed by atoms with E-state index >= 15 is 0 Å².